The molecule has 0 atom stereocenters. The van der Waals surface area contributed by atoms with Gasteiger partial charge in [-0.15, -0.1) is 11.3 Å². The molecule has 6 nitrogen and oxygen atoms in total. The first kappa shape index (κ1) is 16.8. The van der Waals surface area contributed by atoms with E-state index in [1.807, 2.05) is 16.0 Å². The second-order valence-electron chi connectivity index (χ2n) is 5.99. The van der Waals surface area contributed by atoms with Crippen LogP contribution in [0.1, 0.15) is 28.9 Å². The molecule has 2 aromatic heterocycles. The number of benzene rings is 1. The number of carbonyl (C=O) groups is 2. The minimum Gasteiger partial charge on any atom is -0.349 e. The molecule has 2 heterocycles. The van der Waals surface area contributed by atoms with Gasteiger partial charge in [0.05, 0.1) is 5.69 Å². The first-order chi connectivity index (χ1) is 12.6. The molecule has 3 aromatic rings. The number of thiazole rings is 1. The van der Waals surface area contributed by atoms with Gasteiger partial charge in [-0.25, -0.2) is 4.98 Å². The van der Waals surface area contributed by atoms with Crippen LogP contribution >= 0.6 is 22.9 Å². The SMILES string of the molecule is O=C(/C=C/c1c(Cl)nc2sccn12)Nc1ccc(C(=O)NC2CC2)cc1. The van der Waals surface area contributed by atoms with E-state index in [4.69, 9.17) is 11.6 Å². The lowest BCUT2D eigenvalue weighted by Crippen LogP contribution is -2.25. The second kappa shape index (κ2) is 6.93. The Labute approximate surface area is 158 Å². The number of hydrogen-bond acceptors (Lipinski definition) is 4. The highest BCUT2D eigenvalue weighted by atomic mass is 35.5. The molecule has 2 N–H and O–H groups in total. The zero-order valence-corrected chi connectivity index (χ0v) is 15.2. The van der Waals surface area contributed by atoms with Gasteiger partial charge < -0.3 is 10.6 Å². The molecule has 1 fully saturated rings. The van der Waals surface area contributed by atoms with Crippen molar-refractivity contribution in [3.63, 3.8) is 0 Å². The fraction of sp³-hybridized carbons (Fsp3) is 0.167. The molecule has 8 heteroatoms. The van der Waals surface area contributed by atoms with E-state index in [0.717, 1.165) is 17.8 Å². The molecule has 26 heavy (non-hydrogen) atoms. The van der Waals surface area contributed by atoms with Gasteiger partial charge in [-0.2, -0.15) is 0 Å². The Kier molecular flexibility index (Phi) is 4.48. The molecular weight excluding hydrogens is 372 g/mol. The molecule has 0 aliphatic heterocycles. The Morgan fingerprint density at radius 3 is 2.77 bits per heavy atom. The van der Waals surface area contributed by atoms with Gasteiger partial charge >= 0.3 is 0 Å². The number of nitrogens with zero attached hydrogens (tertiary/aromatic N) is 2. The Morgan fingerprint density at radius 2 is 2.04 bits per heavy atom. The number of anilines is 1. The van der Waals surface area contributed by atoms with Crippen LogP contribution in [-0.2, 0) is 4.79 Å². The number of halogens is 1. The van der Waals surface area contributed by atoms with Crippen molar-refractivity contribution in [2.45, 2.75) is 18.9 Å². The molecule has 0 spiro atoms. The Morgan fingerprint density at radius 1 is 1.27 bits per heavy atom. The first-order valence-corrected chi connectivity index (χ1v) is 9.37. The van der Waals surface area contributed by atoms with Gasteiger partial charge in [0.15, 0.2) is 10.1 Å². The maximum Gasteiger partial charge on any atom is 0.251 e. The zero-order chi connectivity index (χ0) is 18.1. The van der Waals surface area contributed by atoms with Crippen LogP contribution in [-0.4, -0.2) is 27.2 Å². The van der Waals surface area contributed by atoms with Crippen molar-refractivity contribution in [1.82, 2.24) is 14.7 Å². The molecule has 4 rings (SSSR count). The van der Waals surface area contributed by atoms with Crippen LogP contribution in [0.5, 0.6) is 0 Å². The highest BCUT2D eigenvalue weighted by molar-refractivity contribution is 7.15. The molecule has 1 aliphatic carbocycles. The Balaban J connectivity index is 1.40. The third kappa shape index (κ3) is 3.63. The van der Waals surface area contributed by atoms with E-state index >= 15 is 0 Å². The smallest absolute Gasteiger partial charge is 0.251 e. The number of fused-ring (bicyclic) bond motifs is 1. The predicted molar refractivity (Wildman–Crippen MR) is 103 cm³/mol. The van der Waals surface area contributed by atoms with E-state index in [2.05, 4.69) is 15.6 Å². The summed E-state index contributed by atoms with van der Waals surface area (Å²) in [5, 5.41) is 7.94. The lowest BCUT2D eigenvalue weighted by Gasteiger charge is -2.05. The molecule has 1 aliphatic rings. The topological polar surface area (TPSA) is 75.5 Å². The third-order valence-electron chi connectivity index (χ3n) is 3.97. The second-order valence-corrected chi connectivity index (χ2v) is 7.22. The summed E-state index contributed by atoms with van der Waals surface area (Å²) in [6, 6.07) is 7.11. The fourth-order valence-corrected chi connectivity index (χ4v) is 3.47. The van der Waals surface area contributed by atoms with E-state index in [0.29, 0.717) is 28.1 Å². The first-order valence-electron chi connectivity index (χ1n) is 8.11. The highest BCUT2D eigenvalue weighted by Gasteiger charge is 2.23. The molecule has 0 saturated heterocycles. The summed E-state index contributed by atoms with van der Waals surface area (Å²) in [4.78, 5) is 29.1. The van der Waals surface area contributed by atoms with Gasteiger partial charge in [0.2, 0.25) is 5.91 Å². The minimum absolute atomic E-state index is 0.0829. The van der Waals surface area contributed by atoms with Crippen molar-refractivity contribution in [2.75, 3.05) is 5.32 Å². The van der Waals surface area contributed by atoms with Crippen LogP contribution in [0.15, 0.2) is 41.9 Å². The molecule has 1 saturated carbocycles. The number of rotatable bonds is 5. The van der Waals surface area contributed by atoms with Crippen molar-refractivity contribution in [2.24, 2.45) is 0 Å². The van der Waals surface area contributed by atoms with Gasteiger partial charge in [-0.3, -0.25) is 14.0 Å². The monoisotopic (exact) mass is 386 g/mol. The fourth-order valence-electron chi connectivity index (χ4n) is 2.47. The van der Waals surface area contributed by atoms with Crippen LogP contribution in [0.3, 0.4) is 0 Å². The zero-order valence-electron chi connectivity index (χ0n) is 13.6. The third-order valence-corrected chi connectivity index (χ3v) is 5.01. The number of aromatic nitrogens is 2. The summed E-state index contributed by atoms with van der Waals surface area (Å²) in [6.45, 7) is 0. The predicted octanol–water partition coefficient (Wildman–Crippen LogP) is 3.59. The lowest BCUT2D eigenvalue weighted by atomic mass is 10.2. The van der Waals surface area contributed by atoms with Gasteiger partial charge in [-0.05, 0) is 43.2 Å². The largest absolute Gasteiger partial charge is 0.349 e. The van der Waals surface area contributed by atoms with Gasteiger partial charge in [0, 0.05) is 34.9 Å². The van der Waals surface area contributed by atoms with Crippen LogP contribution in [0.25, 0.3) is 11.0 Å². The number of imidazole rings is 1. The maximum absolute atomic E-state index is 12.1. The van der Waals surface area contributed by atoms with Crippen molar-refractivity contribution >= 4 is 51.5 Å². The summed E-state index contributed by atoms with van der Waals surface area (Å²) < 4.78 is 1.82. The molecule has 0 unspecified atom stereocenters. The van der Waals surface area contributed by atoms with Gasteiger partial charge in [-0.1, -0.05) is 11.6 Å². The van der Waals surface area contributed by atoms with Crippen LogP contribution < -0.4 is 10.6 Å². The molecule has 2 amide bonds. The van der Waals surface area contributed by atoms with Crippen molar-refractivity contribution in [3.8, 4) is 0 Å². The summed E-state index contributed by atoms with van der Waals surface area (Å²) in [5.74, 6) is -0.373. The molecule has 132 valence electrons. The van der Waals surface area contributed by atoms with Crippen LogP contribution in [0, 0.1) is 0 Å². The number of nitrogens with one attached hydrogen (secondary N) is 2. The van der Waals surface area contributed by atoms with E-state index in [1.54, 1.807) is 30.3 Å². The van der Waals surface area contributed by atoms with Crippen LogP contribution in [0.4, 0.5) is 5.69 Å². The maximum atomic E-state index is 12.1. The van der Waals surface area contributed by atoms with Crippen LogP contribution in [0.2, 0.25) is 5.15 Å². The molecule has 1 aromatic carbocycles. The number of amides is 2. The van der Waals surface area contributed by atoms with Gasteiger partial charge in [0.1, 0.15) is 0 Å². The highest BCUT2D eigenvalue weighted by Crippen LogP contribution is 2.22. The van der Waals surface area contributed by atoms with Crippen molar-refractivity contribution < 1.29 is 9.59 Å². The van der Waals surface area contributed by atoms with E-state index in [9.17, 15) is 9.59 Å². The number of carbonyl (C=O) groups excluding carboxylic acids is 2. The quantitative estimate of drug-likeness (QED) is 0.658. The average molecular weight is 387 g/mol. The standard InChI is InChI=1S/C18H15ClN4O2S/c19-16-14(23-9-10-26-18(23)22-16)7-8-15(24)20-12-3-1-11(2-4-12)17(25)21-13-5-6-13/h1-4,7-10,13H,5-6H2,(H,20,24)(H,21,25)/b8-7+. The Bertz CT molecular complexity index is 1000. The van der Waals surface area contributed by atoms with E-state index < -0.39 is 0 Å². The van der Waals surface area contributed by atoms with Gasteiger partial charge in [0.25, 0.3) is 5.91 Å². The summed E-state index contributed by atoms with van der Waals surface area (Å²) >= 11 is 7.56. The number of hydrogen-bond donors (Lipinski definition) is 2. The van der Waals surface area contributed by atoms with Crippen molar-refractivity contribution in [3.05, 3.63) is 58.3 Å². The lowest BCUT2D eigenvalue weighted by molar-refractivity contribution is -0.111. The average Bonchev–Trinajstić information content (AvgIpc) is 3.23. The molecule has 0 bridgehead atoms. The molecular formula is C18H15ClN4O2S. The summed E-state index contributed by atoms with van der Waals surface area (Å²) in [6.07, 6.45) is 6.97. The van der Waals surface area contributed by atoms with E-state index in [-0.39, 0.29) is 11.8 Å². The normalized spacial score (nSPS) is 14.0. The Hall–Kier alpha value is -2.64. The van der Waals surface area contributed by atoms with Crippen molar-refractivity contribution in [1.29, 1.82) is 0 Å². The summed E-state index contributed by atoms with van der Waals surface area (Å²) in [5.41, 5.74) is 1.85. The van der Waals surface area contributed by atoms with E-state index in [1.165, 1.54) is 17.4 Å². The molecule has 0 radical (unpaired) electrons. The summed E-state index contributed by atoms with van der Waals surface area (Å²) in [7, 11) is 0. The minimum atomic E-state index is -0.290.